The Morgan fingerprint density at radius 2 is 2.30 bits per heavy atom. The Balaban J connectivity index is 2.44. The fourth-order valence-electron chi connectivity index (χ4n) is 2.05. The van der Waals surface area contributed by atoms with Crippen molar-refractivity contribution in [3.05, 3.63) is 22.8 Å². The maximum Gasteiger partial charge on any atom is 0.339 e. The van der Waals surface area contributed by atoms with Crippen LogP contribution in [0.15, 0.2) is 12.1 Å². The number of carbonyl (C=O) groups excluding carboxylic acids is 1. The minimum Gasteiger partial charge on any atom is -0.478 e. The monoisotopic (exact) mass is 299 g/mol. The molecule has 1 fully saturated rings. The number of anilines is 1. The highest BCUT2D eigenvalue weighted by Crippen LogP contribution is 2.24. The maximum absolute atomic E-state index is 11.9. The van der Waals surface area contributed by atoms with Gasteiger partial charge in [0.25, 0.3) is 0 Å². The van der Waals surface area contributed by atoms with Crippen LogP contribution >= 0.6 is 11.6 Å². The lowest BCUT2D eigenvalue weighted by atomic mass is 10.1. The number of carboxylic acids is 1. The van der Waals surface area contributed by atoms with Crippen molar-refractivity contribution in [2.45, 2.75) is 6.04 Å². The molecule has 1 aliphatic rings. The van der Waals surface area contributed by atoms with Gasteiger partial charge in [0.2, 0.25) is 5.91 Å². The molecule has 1 atom stereocenters. The van der Waals surface area contributed by atoms with Crippen LogP contribution in [0.1, 0.15) is 10.4 Å². The average molecular weight is 300 g/mol. The molecule has 1 amide bonds. The zero-order valence-corrected chi connectivity index (χ0v) is 11.6. The molecule has 1 saturated heterocycles. The normalized spacial score (nSPS) is 18.7. The van der Waals surface area contributed by atoms with Gasteiger partial charge in [-0.3, -0.25) is 4.79 Å². The van der Waals surface area contributed by atoms with E-state index >= 15 is 0 Å². The van der Waals surface area contributed by atoms with E-state index in [2.05, 4.69) is 10.3 Å². The Labute approximate surface area is 120 Å². The molecule has 0 spiro atoms. The number of nitrogens with one attached hydrogen (secondary N) is 1. The van der Waals surface area contributed by atoms with Gasteiger partial charge in [0.1, 0.15) is 22.6 Å². The van der Waals surface area contributed by atoms with Crippen molar-refractivity contribution >= 4 is 29.3 Å². The minimum absolute atomic E-state index is 0.00482. The van der Waals surface area contributed by atoms with Crippen molar-refractivity contribution in [1.29, 1.82) is 0 Å². The number of aromatic carboxylic acids is 1. The van der Waals surface area contributed by atoms with E-state index in [1.165, 1.54) is 19.2 Å². The van der Waals surface area contributed by atoms with Gasteiger partial charge in [-0.15, -0.1) is 0 Å². The van der Waals surface area contributed by atoms with Crippen LogP contribution < -0.4 is 10.2 Å². The lowest BCUT2D eigenvalue weighted by Gasteiger charge is -2.35. The van der Waals surface area contributed by atoms with Gasteiger partial charge in [0.05, 0.1) is 13.2 Å². The molecule has 20 heavy (non-hydrogen) atoms. The number of hydrogen-bond acceptors (Lipinski definition) is 5. The second kappa shape index (κ2) is 6.06. The Bertz CT molecular complexity index is 537. The van der Waals surface area contributed by atoms with Gasteiger partial charge >= 0.3 is 5.97 Å². The average Bonchev–Trinajstić information content (AvgIpc) is 2.46. The van der Waals surface area contributed by atoms with Crippen LogP contribution in [0.3, 0.4) is 0 Å². The summed E-state index contributed by atoms with van der Waals surface area (Å²) < 4.78 is 5.28. The van der Waals surface area contributed by atoms with Gasteiger partial charge in [-0.2, -0.15) is 0 Å². The van der Waals surface area contributed by atoms with Crippen molar-refractivity contribution in [2.75, 3.05) is 31.7 Å². The van der Waals surface area contributed by atoms with Gasteiger partial charge < -0.3 is 20.1 Å². The second-order valence-corrected chi connectivity index (χ2v) is 4.60. The van der Waals surface area contributed by atoms with Crippen LogP contribution in [0.25, 0.3) is 0 Å². The Morgan fingerprint density at radius 3 is 2.95 bits per heavy atom. The molecule has 0 bridgehead atoms. The van der Waals surface area contributed by atoms with Crippen LogP contribution in [-0.2, 0) is 9.53 Å². The summed E-state index contributed by atoms with van der Waals surface area (Å²) in [5.41, 5.74) is 0.00482. The number of aromatic nitrogens is 1. The number of carboxylic acid groups (broad SMARTS) is 1. The number of ether oxygens (including phenoxy) is 1. The van der Waals surface area contributed by atoms with Gasteiger partial charge in [0, 0.05) is 13.6 Å². The van der Waals surface area contributed by atoms with E-state index in [4.69, 9.17) is 16.3 Å². The Hall–Kier alpha value is -1.86. The summed E-state index contributed by atoms with van der Waals surface area (Å²) in [7, 11) is 1.51. The molecule has 1 aliphatic heterocycles. The second-order valence-electron chi connectivity index (χ2n) is 4.21. The first kappa shape index (κ1) is 14.5. The quantitative estimate of drug-likeness (QED) is 0.784. The van der Waals surface area contributed by atoms with E-state index in [9.17, 15) is 14.7 Å². The molecule has 1 aromatic rings. The largest absolute Gasteiger partial charge is 0.478 e. The molecular formula is C12H14ClN3O4. The summed E-state index contributed by atoms with van der Waals surface area (Å²) >= 11 is 5.84. The van der Waals surface area contributed by atoms with Crippen LogP contribution in [0.4, 0.5) is 5.82 Å². The Morgan fingerprint density at radius 1 is 1.55 bits per heavy atom. The highest BCUT2D eigenvalue weighted by Gasteiger charge is 2.32. The number of hydrogen-bond donors (Lipinski definition) is 2. The molecule has 0 saturated carbocycles. The maximum atomic E-state index is 11.9. The molecular weight excluding hydrogens is 286 g/mol. The lowest BCUT2D eigenvalue weighted by Crippen LogP contribution is -2.54. The predicted molar refractivity (Wildman–Crippen MR) is 72.2 cm³/mol. The number of rotatable bonds is 3. The number of pyridine rings is 1. The molecule has 108 valence electrons. The first-order valence-corrected chi connectivity index (χ1v) is 6.38. The van der Waals surface area contributed by atoms with E-state index in [0.717, 1.165) is 0 Å². The summed E-state index contributed by atoms with van der Waals surface area (Å²) in [5.74, 6) is -1.20. The van der Waals surface area contributed by atoms with Gasteiger partial charge in [-0.25, -0.2) is 9.78 Å². The number of likely N-dealkylation sites (N-methyl/N-ethyl adjacent to an activating group) is 1. The van der Waals surface area contributed by atoms with Crippen LogP contribution in [0, 0.1) is 0 Å². The molecule has 0 aromatic carbocycles. The molecule has 0 aliphatic carbocycles. The standard InChI is InChI=1S/C12H14ClN3O4/c1-14-11(17)8-6-20-5-4-16(8)10-7(12(18)19)2-3-9(13)15-10/h2-3,8H,4-6H2,1H3,(H,14,17)(H,18,19). The highest BCUT2D eigenvalue weighted by molar-refractivity contribution is 6.29. The van der Waals surface area contributed by atoms with E-state index in [-0.39, 0.29) is 29.0 Å². The molecule has 2 N–H and O–H groups in total. The smallest absolute Gasteiger partial charge is 0.339 e. The molecule has 1 unspecified atom stereocenters. The van der Waals surface area contributed by atoms with Crippen molar-refractivity contribution in [3.8, 4) is 0 Å². The summed E-state index contributed by atoms with van der Waals surface area (Å²) in [4.78, 5) is 28.8. The third-order valence-corrected chi connectivity index (χ3v) is 3.23. The van der Waals surface area contributed by atoms with Gasteiger partial charge in [-0.05, 0) is 12.1 Å². The molecule has 2 rings (SSSR count). The van der Waals surface area contributed by atoms with Crippen molar-refractivity contribution in [1.82, 2.24) is 10.3 Å². The Kier molecular flexibility index (Phi) is 4.41. The van der Waals surface area contributed by atoms with Crippen molar-refractivity contribution in [3.63, 3.8) is 0 Å². The number of morpholine rings is 1. The number of nitrogens with zero attached hydrogens (tertiary/aromatic N) is 2. The molecule has 7 nitrogen and oxygen atoms in total. The van der Waals surface area contributed by atoms with E-state index in [1.807, 2.05) is 0 Å². The summed E-state index contributed by atoms with van der Waals surface area (Å²) in [5, 5.41) is 11.9. The van der Waals surface area contributed by atoms with E-state index < -0.39 is 12.0 Å². The molecule has 0 radical (unpaired) electrons. The minimum atomic E-state index is -1.12. The first-order valence-electron chi connectivity index (χ1n) is 6.00. The summed E-state index contributed by atoms with van der Waals surface area (Å²) in [6.07, 6.45) is 0. The topological polar surface area (TPSA) is 91.8 Å². The number of amides is 1. The first-order chi connectivity index (χ1) is 9.54. The van der Waals surface area contributed by atoms with E-state index in [1.54, 1.807) is 4.90 Å². The van der Waals surface area contributed by atoms with Crippen LogP contribution in [-0.4, -0.2) is 54.8 Å². The predicted octanol–water partition coefficient (Wildman–Crippen LogP) is 0.384. The fourth-order valence-corrected chi connectivity index (χ4v) is 2.20. The number of carbonyl (C=O) groups is 2. The third-order valence-electron chi connectivity index (χ3n) is 3.02. The fraction of sp³-hybridized carbons (Fsp3) is 0.417. The van der Waals surface area contributed by atoms with Crippen LogP contribution in [0.5, 0.6) is 0 Å². The zero-order chi connectivity index (χ0) is 14.7. The van der Waals surface area contributed by atoms with Gasteiger partial charge in [0.15, 0.2) is 0 Å². The molecule has 8 heteroatoms. The SMILES string of the molecule is CNC(=O)C1COCCN1c1nc(Cl)ccc1C(=O)O. The molecule has 2 heterocycles. The van der Waals surface area contributed by atoms with Gasteiger partial charge in [-0.1, -0.05) is 11.6 Å². The lowest BCUT2D eigenvalue weighted by molar-refractivity contribution is -0.124. The molecule has 1 aromatic heterocycles. The zero-order valence-electron chi connectivity index (χ0n) is 10.8. The van der Waals surface area contributed by atoms with E-state index in [0.29, 0.717) is 13.2 Å². The van der Waals surface area contributed by atoms with Crippen molar-refractivity contribution in [2.24, 2.45) is 0 Å². The summed E-state index contributed by atoms with van der Waals surface area (Å²) in [6, 6.07) is 2.16. The highest BCUT2D eigenvalue weighted by atomic mass is 35.5. The number of halogens is 1. The third kappa shape index (κ3) is 2.83. The van der Waals surface area contributed by atoms with Crippen molar-refractivity contribution < 1.29 is 19.4 Å². The summed E-state index contributed by atoms with van der Waals surface area (Å²) in [6.45, 7) is 0.930. The van der Waals surface area contributed by atoms with Crippen LogP contribution in [0.2, 0.25) is 5.15 Å².